The van der Waals surface area contributed by atoms with Gasteiger partial charge in [0.25, 0.3) is 0 Å². The smallest absolute Gasteiger partial charge is 0.221 e. The first-order valence-corrected chi connectivity index (χ1v) is 5.70. The van der Waals surface area contributed by atoms with Crippen LogP contribution in [0.3, 0.4) is 0 Å². The van der Waals surface area contributed by atoms with E-state index in [0.717, 1.165) is 25.2 Å². The molecule has 4 nitrogen and oxygen atoms in total. The number of rotatable bonds is 7. The van der Waals surface area contributed by atoms with Crippen LogP contribution in [0.5, 0.6) is 0 Å². The molecule has 1 amide bonds. The summed E-state index contributed by atoms with van der Waals surface area (Å²) in [6.07, 6.45) is 3.09. The van der Waals surface area contributed by atoms with E-state index in [1.807, 2.05) is 25.1 Å². The Hall–Kier alpha value is -1.42. The summed E-state index contributed by atoms with van der Waals surface area (Å²) in [7, 11) is 0. The van der Waals surface area contributed by atoms with Crippen LogP contribution in [0.2, 0.25) is 0 Å². The third-order valence-corrected chi connectivity index (χ3v) is 2.21. The zero-order valence-electron chi connectivity index (χ0n) is 9.70. The average Bonchev–Trinajstić information content (AvgIpc) is 2.31. The molecule has 16 heavy (non-hydrogen) atoms. The number of hydrogen-bond donors (Lipinski definition) is 2. The number of carbonyl (C=O) groups is 1. The van der Waals surface area contributed by atoms with Crippen molar-refractivity contribution >= 4 is 5.91 Å². The first kappa shape index (κ1) is 12.6. The Labute approximate surface area is 96.5 Å². The van der Waals surface area contributed by atoms with Crippen molar-refractivity contribution in [1.29, 1.82) is 0 Å². The fourth-order valence-corrected chi connectivity index (χ4v) is 1.34. The highest BCUT2D eigenvalue weighted by Gasteiger charge is 1.99. The Kier molecular flexibility index (Phi) is 6.18. The second-order valence-electron chi connectivity index (χ2n) is 3.52. The molecule has 0 unspecified atom stereocenters. The van der Waals surface area contributed by atoms with Gasteiger partial charge >= 0.3 is 0 Å². The van der Waals surface area contributed by atoms with Crippen LogP contribution < -0.4 is 10.6 Å². The molecule has 0 saturated carbocycles. The van der Waals surface area contributed by atoms with Gasteiger partial charge in [0.15, 0.2) is 0 Å². The molecular formula is C12H19N3O. The summed E-state index contributed by atoms with van der Waals surface area (Å²) in [5.74, 6) is 0.0943. The summed E-state index contributed by atoms with van der Waals surface area (Å²) < 4.78 is 0. The second kappa shape index (κ2) is 7.82. The van der Waals surface area contributed by atoms with Crippen molar-refractivity contribution in [2.45, 2.75) is 19.8 Å². The standard InChI is InChI=1S/C12H19N3O/c1-2-13-9-7-12(16)15-10-6-11-5-3-4-8-14-11/h3-5,8,13H,2,6-7,9-10H2,1H3,(H,15,16). The van der Waals surface area contributed by atoms with Crippen molar-refractivity contribution in [2.24, 2.45) is 0 Å². The largest absolute Gasteiger partial charge is 0.356 e. The monoisotopic (exact) mass is 221 g/mol. The number of hydrogen-bond acceptors (Lipinski definition) is 3. The highest BCUT2D eigenvalue weighted by Crippen LogP contribution is 1.93. The molecule has 1 aromatic heterocycles. The van der Waals surface area contributed by atoms with Crippen LogP contribution >= 0.6 is 0 Å². The summed E-state index contributed by atoms with van der Waals surface area (Å²) in [6.45, 7) is 4.33. The second-order valence-corrected chi connectivity index (χ2v) is 3.52. The van der Waals surface area contributed by atoms with Crippen molar-refractivity contribution in [3.8, 4) is 0 Å². The molecule has 0 saturated heterocycles. The molecule has 0 fully saturated rings. The lowest BCUT2D eigenvalue weighted by atomic mass is 10.2. The molecule has 4 heteroatoms. The van der Waals surface area contributed by atoms with E-state index in [0.29, 0.717) is 13.0 Å². The van der Waals surface area contributed by atoms with E-state index in [1.165, 1.54) is 0 Å². The number of carbonyl (C=O) groups excluding carboxylic acids is 1. The SMILES string of the molecule is CCNCCC(=O)NCCc1ccccn1. The van der Waals surface area contributed by atoms with Crippen LogP contribution in [-0.2, 0) is 11.2 Å². The maximum absolute atomic E-state index is 11.3. The van der Waals surface area contributed by atoms with E-state index in [4.69, 9.17) is 0 Å². The quantitative estimate of drug-likeness (QED) is 0.668. The van der Waals surface area contributed by atoms with Gasteiger partial charge in [0.1, 0.15) is 0 Å². The third-order valence-electron chi connectivity index (χ3n) is 2.21. The van der Waals surface area contributed by atoms with Crippen molar-refractivity contribution in [3.63, 3.8) is 0 Å². The van der Waals surface area contributed by atoms with Crippen molar-refractivity contribution in [2.75, 3.05) is 19.6 Å². The molecule has 0 aliphatic carbocycles. The lowest BCUT2D eigenvalue weighted by Gasteiger charge is -2.05. The number of aromatic nitrogens is 1. The zero-order valence-corrected chi connectivity index (χ0v) is 9.70. The van der Waals surface area contributed by atoms with Gasteiger partial charge in [-0.25, -0.2) is 0 Å². The van der Waals surface area contributed by atoms with E-state index >= 15 is 0 Å². The van der Waals surface area contributed by atoms with E-state index in [-0.39, 0.29) is 5.91 Å². The van der Waals surface area contributed by atoms with E-state index in [2.05, 4.69) is 15.6 Å². The average molecular weight is 221 g/mol. The fraction of sp³-hybridized carbons (Fsp3) is 0.500. The van der Waals surface area contributed by atoms with Gasteiger partial charge in [-0.1, -0.05) is 13.0 Å². The van der Waals surface area contributed by atoms with Crippen LogP contribution in [0, 0.1) is 0 Å². The molecule has 1 rings (SSSR count). The summed E-state index contributed by atoms with van der Waals surface area (Å²) in [6, 6.07) is 5.80. The van der Waals surface area contributed by atoms with Gasteiger partial charge in [-0.3, -0.25) is 9.78 Å². The van der Waals surface area contributed by atoms with Gasteiger partial charge in [0, 0.05) is 37.8 Å². The normalized spacial score (nSPS) is 10.1. The molecule has 0 bridgehead atoms. The van der Waals surface area contributed by atoms with Crippen LogP contribution in [-0.4, -0.2) is 30.5 Å². The molecule has 2 N–H and O–H groups in total. The van der Waals surface area contributed by atoms with Gasteiger partial charge in [0.2, 0.25) is 5.91 Å². The molecule has 0 aromatic carbocycles. The molecule has 0 atom stereocenters. The molecule has 0 radical (unpaired) electrons. The van der Waals surface area contributed by atoms with Crippen LogP contribution in [0.4, 0.5) is 0 Å². The van der Waals surface area contributed by atoms with Gasteiger partial charge < -0.3 is 10.6 Å². The molecule has 0 spiro atoms. The molecule has 0 aliphatic heterocycles. The highest BCUT2D eigenvalue weighted by molar-refractivity contribution is 5.76. The van der Waals surface area contributed by atoms with Crippen LogP contribution in [0.15, 0.2) is 24.4 Å². The van der Waals surface area contributed by atoms with Crippen molar-refractivity contribution in [1.82, 2.24) is 15.6 Å². The molecule has 0 aliphatic rings. The summed E-state index contributed by atoms with van der Waals surface area (Å²) in [5, 5.41) is 5.99. The van der Waals surface area contributed by atoms with Crippen LogP contribution in [0.25, 0.3) is 0 Å². The van der Waals surface area contributed by atoms with Crippen LogP contribution in [0.1, 0.15) is 19.0 Å². The fourth-order valence-electron chi connectivity index (χ4n) is 1.34. The van der Waals surface area contributed by atoms with Crippen molar-refractivity contribution in [3.05, 3.63) is 30.1 Å². The predicted molar refractivity (Wildman–Crippen MR) is 64.1 cm³/mol. The molecule has 88 valence electrons. The zero-order chi connectivity index (χ0) is 11.6. The predicted octanol–water partition coefficient (Wildman–Crippen LogP) is 0.740. The number of nitrogens with zero attached hydrogens (tertiary/aromatic N) is 1. The minimum Gasteiger partial charge on any atom is -0.356 e. The van der Waals surface area contributed by atoms with E-state index < -0.39 is 0 Å². The molecule has 1 heterocycles. The Balaban J connectivity index is 2.09. The minimum absolute atomic E-state index is 0.0943. The van der Waals surface area contributed by atoms with Gasteiger partial charge in [-0.05, 0) is 18.7 Å². The third kappa shape index (κ3) is 5.46. The summed E-state index contributed by atoms with van der Waals surface area (Å²) >= 11 is 0. The first-order valence-electron chi connectivity index (χ1n) is 5.70. The lowest BCUT2D eigenvalue weighted by molar-refractivity contribution is -0.120. The summed E-state index contributed by atoms with van der Waals surface area (Å²) in [4.78, 5) is 15.5. The van der Waals surface area contributed by atoms with Crippen molar-refractivity contribution < 1.29 is 4.79 Å². The van der Waals surface area contributed by atoms with E-state index in [1.54, 1.807) is 6.20 Å². The highest BCUT2D eigenvalue weighted by atomic mass is 16.1. The number of pyridine rings is 1. The Morgan fingerprint density at radius 2 is 2.25 bits per heavy atom. The van der Waals surface area contributed by atoms with E-state index in [9.17, 15) is 4.79 Å². The number of amides is 1. The van der Waals surface area contributed by atoms with Gasteiger partial charge in [-0.2, -0.15) is 0 Å². The molecule has 1 aromatic rings. The first-order chi connectivity index (χ1) is 7.83. The maximum Gasteiger partial charge on any atom is 0.221 e. The minimum atomic E-state index is 0.0943. The van der Waals surface area contributed by atoms with Gasteiger partial charge in [-0.15, -0.1) is 0 Å². The number of nitrogens with one attached hydrogen (secondary N) is 2. The lowest BCUT2D eigenvalue weighted by Crippen LogP contribution is -2.29. The Bertz CT molecular complexity index is 300. The maximum atomic E-state index is 11.3. The Morgan fingerprint density at radius 3 is 2.94 bits per heavy atom. The Morgan fingerprint density at radius 1 is 1.38 bits per heavy atom. The summed E-state index contributed by atoms with van der Waals surface area (Å²) in [5.41, 5.74) is 1.01. The topological polar surface area (TPSA) is 54.0 Å². The molecular weight excluding hydrogens is 202 g/mol. The van der Waals surface area contributed by atoms with Gasteiger partial charge in [0.05, 0.1) is 0 Å².